The number of nitrogens with one attached hydrogen (secondary N) is 1. The van der Waals surface area contributed by atoms with Crippen LogP contribution in [0, 0.1) is 6.92 Å². The Bertz CT molecular complexity index is 1110. The van der Waals surface area contributed by atoms with E-state index in [1.54, 1.807) is 53.3 Å². The number of nitrogens with zero attached hydrogens (tertiary/aromatic N) is 3. The minimum atomic E-state index is -0.942. The largest absolute Gasteiger partial charge is 0.497 e. The molecule has 9 heteroatoms. The van der Waals surface area contributed by atoms with Gasteiger partial charge in [0.1, 0.15) is 17.5 Å². The number of likely N-dealkylation sites (N-methyl/N-ethyl adjacent to an activating group) is 1. The SMILES string of the molecule is COc1ccc(C(=O)N2CCC3(CC2)OCC(C(=O)NCCN(C)C)N3C(=O)c2ccc(C)cc2)cc1. The van der Waals surface area contributed by atoms with Crippen LogP contribution in [-0.4, -0.2) is 98.2 Å². The number of carbonyl (C=O) groups is 3. The highest BCUT2D eigenvalue weighted by atomic mass is 16.5. The Kier molecular flexibility index (Phi) is 8.14. The van der Waals surface area contributed by atoms with Gasteiger partial charge >= 0.3 is 0 Å². The summed E-state index contributed by atoms with van der Waals surface area (Å²) < 4.78 is 11.5. The number of hydrogen-bond acceptors (Lipinski definition) is 6. The van der Waals surface area contributed by atoms with Crippen LogP contribution in [0.4, 0.5) is 0 Å². The first-order chi connectivity index (χ1) is 17.7. The van der Waals surface area contributed by atoms with Crippen LogP contribution < -0.4 is 10.1 Å². The second-order valence-corrected chi connectivity index (χ2v) is 9.93. The van der Waals surface area contributed by atoms with Crippen molar-refractivity contribution < 1.29 is 23.9 Å². The molecule has 9 nitrogen and oxygen atoms in total. The summed E-state index contributed by atoms with van der Waals surface area (Å²) in [7, 11) is 5.46. The number of likely N-dealkylation sites (tertiary alicyclic amines) is 1. The van der Waals surface area contributed by atoms with E-state index in [1.165, 1.54) is 0 Å². The number of hydrogen-bond donors (Lipinski definition) is 1. The number of carbonyl (C=O) groups excluding carboxylic acids is 3. The van der Waals surface area contributed by atoms with E-state index in [2.05, 4.69) is 5.32 Å². The molecule has 1 N–H and O–H groups in total. The van der Waals surface area contributed by atoms with Crippen molar-refractivity contribution in [2.45, 2.75) is 31.5 Å². The third-order valence-corrected chi connectivity index (χ3v) is 7.11. The summed E-state index contributed by atoms with van der Waals surface area (Å²) in [6, 6.07) is 13.6. The van der Waals surface area contributed by atoms with E-state index in [0.717, 1.165) is 5.56 Å². The molecule has 0 radical (unpaired) electrons. The molecule has 2 saturated heterocycles. The van der Waals surface area contributed by atoms with Crippen LogP contribution in [0.2, 0.25) is 0 Å². The molecule has 2 aromatic rings. The molecule has 37 heavy (non-hydrogen) atoms. The van der Waals surface area contributed by atoms with E-state index in [0.29, 0.717) is 55.9 Å². The standard InChI is InChI=1S/C28H36N4O5/c1-20-5-7-22(8-6-20)27(35)32-24(25(33)29-15-18-30(2)3)19-37-28(32)13-16-31(17-14-28)26(34)21-9-11-23(36-4)12-10-21/h5-12,24H,13-19H2,1-4H3,(H,29,33). The molecule has 1 unspecified atom stereocenters. The van der Waals surface area contributed by atoms with Crippen LogP contribution in [0.25, 0.3) is 0 Å². The molecule has 0 aliphatic carbocycles. The van der Waals surface area contributed by atoms with Gasteiger partial charge in [0.2, 0.25) is 5.91 Å². The van der Waals surface area contributed by atoms with Gasteiger partial charge in [0.05, 0.1) is 13.7 Å². The summed E-state index contributed by atoms with van der Waals surface area (Å²) in [5, 5.41) is 2.95. The van der Waals surface area contributed by atoms with Gasteiger partial charge in [-0.1, -0.05) is 17.7 Å². The van der Waals surface area contributed by atoms with Crippen LogP contribution in [0.15, 0.2) is 48.5 Å². The molecule has 0 saturated carbocycles. The third kappa shape index (κ3) is 5.78. The zero-order valence-electron chi connectivity index (χ0n) is 22.0. The molecule has 2 fully saturated rings. The topological polar surface area (TPSA) is 91.4 Å². The highest BCUT2D eigenvalue weighted by Gasteiger charge is 2.54. The highest BCUT2D eigenvalue weighted by Crippen LogP contribution is 2.39. The quantitative estimate of drug-likeness (QED) is 0.617. The van der Waals surface area contributed by atoms with Gasteiger partial charge in [-0.25, -0.2) is 0 Å². The Hall–Kier alpha value is -3.43. The Morgan fingerprint density at radius 1 is 1.00 bits per heavy atom. The predicted molar refractivity (Wildman–Crippen MR) is 140 cm³/mol. The lowest BCUT2D eigenvalue weighted by Gasteiger charge is -2.44. The first-order valence-corrected chi connectivity index (χ1v) is 12.6. The lowest BCUT2D eigenvalue weighted by atomic mass is 9.96. The van der Waals surface area contributed by atoms with Gasteiger partial charge in [-0.3, -0.25) is 19.3 Å². The summed E-state index contributed by atoms with van der Waals surface area (Å²) in [4.78, 5) is 45.5. The molecule has 1 atom stereocenters. The number of rotatable bonds is 7. The van der Waals surface area contributed by atoms with Gasteiger partial charge in [0, 0.05) is 50.1 Å². The second kappa shape index (κ2) is 11.3. The van der Waals surface area contributed by atoms with Crippen LogP contribution in [0.3, 0.4) is 0 Å². The van der Waals surface area contributed by atoms with Gasteiger partial charge in [-0.15, -0.1) is 0 Å². The molecule has 0 aromatic heterocycles. The van der Waals surface area contributed by atoms with E-state index < -0.39 is 11.8 Å². The number of ether oxygens (including phenoxy) is 2. The van der Waals surface area contributed by atoms with E-state index in [9.17, 15) is 14.4 Å². The number of amides is 3. The van der Waals surface area contributed by atoms with E-state index in [1.807, 2.05) is 38.1 Å². The van der Waals surface area contributed by atoms with Crippen molar-refractivity contribution in [1.82, 2.24) is 20.0 Å². The van der Waals surface area contributed by atoms with Gasteiger partial charge in [0.15, 0.2) is 0 Å². The van der Waals surface area contributed by atoms with Gasteiger partial charge < -0.3 is 24.6 Å². The maximum Gasteiger partial charge on any atom is 0.256 e. The van der Waals surface area contributed by atoms with Gasteiger partial charge in [0.25, 0.3) is 11.8 Å². The Labute approximate surface area is 218 Å². The minimum Gasteiger partial charge on any atom is -0.497 e. The molecule has 3 amide bonds. The Morgan fingerprint density at radius 2 is 1.59 bits per heavy atom. The maximum absolute atomic E-state index is 13.8. The van der Waals surface area contributed by atoms with Crippen molar-refractivity contribution in [1.29, 1.82) is 0 Å². The molecular formula is C28H36N4O5. The Balaban J connectivity index is 1.52. The molecule has 2 aliphatic heterocycles. The van der Waals surface area contributed by atoms with Crippen molar-refractivity contribution in [3.8, 4) is 5.75 Å². The van der Waals surface area contributed by atoms with Gasteiger partial charge in [-0.2, -0.15) is 0 Å². The highest BCUT2D eigenvalue weighted by molar-refractivity contribution is 5.98. The zero-order chi connectivity index (χ0) is 26.6. The number of benzene rings is 2. The minimum absolute atomic E-state index is 0.0788. The average molecular weight is 509 g/mol. The molecular weight excluding hydrogens is 472 g/mol. The molecule has 0 bridgehead atoms. The van der Waals surface area contributed by atoms with E-state index in [-0.39, 0.29) is 24.3 Å². The summed E-state index contributed by atoms with van der Waals surface area (Å²) in [5.74, 6) is 0.148. The van der Waals surface area contributed by atoms with Crippen LogP contribution in [0.1, 0.15) is 39.1 Å². The summed E-state index contributed by atoms with van der Waals surface area (Å²) in [6.07, 6.45) is 0.849. The molecule has 2 aliphatic rings. The Morgan fingerprint density at radius 3 is 2.19 bits per heavy atom. The van der Waals surface area contributed by atoms with Crippen molar-refractivity contribution in [3.05, 3.63) is 65.2 Å². The fourth-order valence-corrected chi connectivity index (χ4v) is 4.90. The molecule has 198 valence electrons. The van der Waals surface area contributed by atoms with E-state index >= 15 is 0 Å². The lowest BCUT2D eigenvalue weighted by Crippen LogP contribution is -2.60. The van der Waals surface area contributed by atoms with Crippen molar-refractivity contribution >= 4 is 17.7 Å². The van der Waals surface area contributed by atoms with E-state index in [4.69, 9.17) is 9.47 Å². The molecule has 4 rings (SSSR count). The molecule has 1 spiro atoms. The smallest absolute Gasteiger partial charge is 0.256 e. The van der Waals surface area contributed by atoms with Crippen LogP contribution in [-0.2, 0) is 9.53 Å². The lowest BCUT2D eigenvalue weighted by molar-refractivity contribution is -0.128. The fraction of sp³-hybridized carbons (Fsp3) is 0.464. The van der Waals surface area contributed by atoms with Crippen molar-refractivity contribution in [2.24, 2.45) is 0 Å². The zero-order valence-corrected chi connectivity index (χ0v) is 22.0. The number of methoxy groups -OCH3 is 1. The number of piperidine rings is 1. The average Bonchev–Trinajstić information content (AvgIpc) is 3.27. The molecule has 2 heterocycles. The van der Waals surface area contributed by atoms with Gasteiger partial charge in [-0.05, 0) is 57.4 Å². The first kappa shape index (κ1) is 26.6. The summed E-state index contributed by atoms with van der Waals surface area (Å²) in [6.45, 7) is 4.09. The van der Waals surface area contributed by atoms with Crippen molar-refractivity contribution in [2.75, 3.05) is 54.0 Å². The third-order valence-electron chi connectivity index (χ3n) is 7.11. The summed E-state index contributed by atoms with van der Waals surface area (Å²) >= 11 is 0. The normalized spacial score (nSPS) is 18.8. The maximum atomic E-state index is 13.8. The van der Waals surface area contributed by atoms with Crippen LogP contribution in [0.5, 0.6) is 5.75 Å². The second-order valence-electron chi connectivity index (χ2n) is 9.93. The summed E-state index contributed by atoms with van der Waals surface area (Å²) in [5.41, 5.74) is 1.20. The molecule has 2 aromatic carbocycles. The monoisotopic (exact) mass is 508 g/mol. The van der Waals surface area contributed by atoms with Crippen LogP contribution >= 0.6 is 0 Å². The van der Waals surface area contributed by atoms with Crippen molar-refractivity contribution in [3.63, 3.8) is 0 Å². The predicted octanol–water partition coefficient (Wildman–Crippen LogP) is 2.15. The first-order valence-electron chi connectivity index (χ1n) is 12.6. The number of aryl methyl sites for hydroxylation is 1. The fourth-order valence-electron chi connectivity index (χ4n) is 4.90.